The summed E-state index contributed by atoms with van der Waals surface area (Å²) in [5.74, 6) is -1.03. The molecule has 0 saturated carbocycles. The Kier molecular flexibility index (Phi) is 8.89. The molecule has 0 aliphatic carbocycles. The van der Waals surface area contributed by atoms with Gasteiger partial charge in [-0.25, -0.2) is 4.39 Å². The third kappa shape index (κ3) is 7.65. The van der Waals surface area contributed by atoms with Crippen molar-refractivity contribution >= 4 is 35.0 Å². The van der Waals surface area contributed by atoms with Gasteiger partial charge in [-0.15, -0.1) is 0 Å². The molecule has 0 aliphatic rings. The first-order valence-corrected chi connectivity index (χ1v) is 9.92. The number of amides is 2. The van der Waals surface area contributed by atoms with E-state index >= 15 is 0 Å². The van der Waals surface area contributed by atoms with E-state index in [4.69, 9.17) is 23.2 Å². The lowest BCUT2D eigenvalue weighted by atomic mass is 10.2. The van der Waals surface area contributed by atoms with E-state index in [0.717, 1.165) is 18.2 Å². The first-order valence-electron chi connectivity index (χ1n) is 9.16. The van der Waals surface area contributed by atoms with Crippen LogP contribution in [0, 0.1) is 5.82 Å². The second-order valence-corrected chi connectivity index (χ2v) is 7.72. The summed E-state index contributed by atoms with van der Waals surface area (Å²) in [6.45, 7) is 1.90. The average Bonchev–Trinajstić information content (AvgIpc) is 2.66. The Hall–Kier alpha value is -2.15. The minimum atomic E-state index is -0.513. The molecule has 29 heavy (non-hydrogen) atoms. The summed E-state index contributed by atoms with van der Waals surface area (Å²) in [5, 5.41) is 3.33. The number of hydrogen-bond donors (Lipinski definition) is 1. The molecule has 2 amide bonds. The molecule has 0 heterocycles. The van der Waals surface area contributed by atoms with Crippen molar-refractivity contribution in [1.29, 1.82) is 0 Å². The van der Waals surface area contributed by atoms with Crippen LogP contribution in [-0.2, 0) is 11.3 Å². The van der Waals surface area contributed by atoms with E-state index < -0.39 is 11.7 Å². The minimum absolute atomic E-state index is 0.0316. The van der Waals surface area contributed by atoms with E-state index in [1.807, 2.05) is 31.1 Å². The summed E-state index contributed by atoms with van der Waals surface area (Å²) in [6.07, 6.45) is 0.144. The Bertz CT molecular complexity index is 844. The van der Waals surface area contributed by atoms with Crippen LogP contribution in [0.1, 0.15) is 22.3 Å². The molecule has 2 aromatic carbocycles. The van der Waals surface area contributed by atoms with Crippen LogP contribution in [0.25, 0.3) is 0 Å². The van der Waals surface area contributed by atoms with Gasteiger partial charge in [0.15, 0.2) is 0 Å². The van der Waals surface area contributed by atoms with Crippen LogP contribution in [0.5, 0.6) is 0 Å². The number of rotatable bonds is 9. The highest BCUT2D eigenvalue weighted by atomic mass is 35.5. The number of benzene rings is 2. The number of carbonyl (C=O) groups is 2. The van der Waals surface area contributed by atoms with Gasteiger partial charge in [0.25, 0.3) is 5.91 Å². The number of likely N-dealkylation sites (N-methyl/N-ethyl adjacent to an activating group) is 1. The van der Waals surface area contributed by atoms with Crippen LogP contribution in [0.2, 0.25) is 10.0 Å². The van der Waals surface area contributed by atoms with Crippen molar-refractivity contribution in [3.8, 4) is 0 Å². The van der Waals surface area contributed by atoms with E-state index in [1.165, 1.54) is 12.1 Å². The summed E-state index contributed by atoms with van der Waals surface area (Å²) in [5.41, 5.74) is 1.15. The lowest BCUT2D eigenvalue weighted by molar-refractivity contribution is -0.131. The zero-order valence-corrected chi connectivity index (χ0v) is 17.9. The average molecular weight is 440 g/mol. The first kappa shape index (κ1) is 23.1. The fourth-order valence-corrected chi connectivity index (χ4v) is 3.01. The number of halogens is 3. The van der Waals surface area contributed by atoms with Gasteiger partial charge in [-0.1, -0.05) is 35.3 Å². The van der Waals surface area contributed by atoms with Crippen molar-refractivity contribution < 1.29 is 14.0 Å². The van der Waals surface area contributed by atoms with Crippen molar-refractivity contribution in [3.05, 3.63) is 69.5 Å². The maximum Gasteiger partial charge on any atom is 0.252 e. The van der Waals surface area contributed by atoms with Gasteiger partial charge in [-0.2, -0.15) is 0 Å². The smallest absolute Gasteiger partial charge is 0.252 e. The van der Waals surface area contributed by atoms with E-state index in [2.05, 4.69) is 5.32 Å². The summed E-state index contributed by atoms with van der Waals surface area (Å²) in [4.78, 5) is 28.7. The monoisotopic (exact) mass is 439 g/mol. The first-order chi connectivity index (χ1) is 13.8. The molecule has 8 heteroatoms. The number of carbonyl (C=O) groups excluding carboxylic acids is 2. The molecule has 0 spiro atoms. The van der Waals surface area contributed by atoms with Gasteiger partial charge in [0, 0.05) is 37.6 Å². The predicted octanol–water partition coefficient (Wildman–Crippen LogP) is 3.84. The number of hydrogen-bond acceptors (Lipinski definition) is 3. The lowest BCUT2D eigenvalue weighted by Gasteiger charge is -2.25. The molecule has 1 N–H and O–H groups in total. The van der Waals surface area contributed by atoms with Gasteiger partial charge >= 0.3 is 0 Å². The van der Waals surface area contributed by atoms with Gasteiger partial charge in [-0.3, -0.25) is 9.59 Å². The largest absolute Gasteiger partial charge is 0.351 e. The molecule has 0 bridgehead atoms. The van der Waals surface area contributed by atoms with Crippen LogP contribution < -0.4 is 5.32 Å². The normalized spacial score (nSPS) is 10.8. The Balaban J connectivity index is 1.93. The second kappa shape index (κ2) is 11.1. The van der Waals surface area contributed by atoms with E-state index in [0.29, 0.717) is 18.1 Å². The topological polar surface area (TPSA) is 52.6 Å². The molecule has 0 unspecified atom stereocenters. The zero-order valence-electron chi connectivity index (χ0n) is 16.4. The second-order valence-electron chi connectivity index (χ2n) is 6.88. The van der Waals surface area contributed by atoms with Gasteiger partial charge in [0.2, 0.25) is 5.91 Å². The van der Waals surface area contributed by atoms with Crippen molar-refractivity contribution in [3.63, 3.8) is 0 Å². The third-order valence-corrected chi connectivity index (χ3v) is 4.82. The quantitative estimate of drug-likeness (QED) is 0.645. The zero-order chi connectivity index (χ0) is 21.4. The van der Waals surface area contributed by atoms with Crippen molar-refractivity contribution in [2.45, 2.75) is 13.0 Å². The molecule has 0 aliphatic heterocycles. The van der Waals surface area contributed by atoms with E-state index in [-0.39, 0.29) is 29.5 Å². The van der Waals surface area contributed by atoms with Gasteiger partial charge in [0.05, 0.1) is 10.6 Å². The number of nitrogens with zero attached hydrogens (tertiary/aromatic N) is 2. The molecule has 156 valence electrons. The van der Waals surface area contributed by atoms with Crippen LogP contribution in [0.4, 0.5) is 4.39 Å². The Morgan fingerprint density at radius 1 is 1.03 bits per heavy atom. The Labute approximate surface area is 180 Å². The fourth-order valence-electron chi connectivity index (χ4n) is 2.63. The van der Waals surface area contributed by atoms with E-state index in [9.17, 15) is 14.0 Å². The highest BCUT2D eigenvalue weighted by Gasteiger charge is 2.16. The summed E-state index contributed by atoms with van der Waals surface area (Å²) < 4.78 is 13.1. The van der Waals surface area contributed by atoms with E-state index in [1.54, 1.807) is 17.0 Å². The molecule has 2 rings (SSSR count). The fraction of sp³-hybridized carbons (Fsp3) is 0.333. The van der Waals surface area contributed by atoms with Crippen LogP contribution >= 0.6 is 23.2 Å². The molecule has 0 fully saturated rings. The Morgan fingerprint density at radius 2 is 1.72 bits per heavy atom. The molecule has 5 nitrogen and oxygen atoms in total. The molecular weight excluding hydrogens is 416 g/mol. The van der Waals surface area contributed by atoms with Crippen molar-refractivity contribution in [2.75, 3.05) is 33.7 Å². The van der Waals surface area contributed by atoms with Gasteiger partial charge < -0.3 is 15.1 Å². The Morgan fingerprint density at radius 3 is 2.34 bits per heavy atom. The number of nitrogens with one attached hydrogen (secondary N) is 1. The molecule has 0 atom stereocenters. The lowest BCUT2D eigenvalue weighted by Crippen LogP contribution is -2.38. The van der Waals surface area contributed by atoms with Crippen molar-refractivity contribution in [2.24, 2.45) is 0 Å². The third-order valence-electron chi connectivity index (χ3n) is 4.26. The highest BCUT2D eigenvalue weighted by molar-refractivity contribution is 6.33. The summed E-state index contributed by atoms with van der Waals surface area (Å²) in [6, 6.07) is 10.9. The summed E-state index contributed by atoms with van der Waals surface area (Å²) >= 11 is 11.8. The standard InChI is InChI=1S/C21H24Cl2FN3O2/c1-26(2)11-12-27(14-15-3-5-16(22)6-4-15)20(28)9-10-25-21(29)18-8-7-17(24)13-19(18)23/h3-8,13H,9-12,14H2,1-2H3,(H,25,29). The molecule has 2 aromatic rings. The minimum Gasteiger partial charge on any atom is -0.351 e. The predicted molar refractivity (Wildman–Crippen MR) is 114 cm³/mol. The SMILES string of the molecule is CN(C)CCN(Cc1ccc(Cl)cc1)C(=O)CCNC(=O)c1ccc(F)cc1Cl. The summed E-state index contributed by atoms with van der Waals surface area (Å²) in [7, 11) is 3.88. The molecule has 0 radical (unpaired) electrons. The van der Waals surface area contributed by atoms with Gasteiger partial charge in [-0.05, 0) is 50.0 Å². The molecular formula is C21H24Cl2FN3O2. The highest BCUT2D eigenvalue weighted by Crippen LogP contribution is 2.17. The maximum absolute atomic E-state index is 13.1. The van der Waals surface area contributed by atoms with Crippen LogP contribution in [0.3, 0.4) is 0 Å². The molecule has 0 aromatic heterocycles. The maximum atomic E-state index is 13.1. The van der Waals surface area contributed by atoms with Gasteiger partial charge in [0.1, 0.15) is 5.82 Å². The van der Waals surface area contributed by atoms with Crippen LogP contribution in [0.15, 0.2) is 42.5 Å². The van der Waals surface area contributed by atoms with Crippen LogP contribution in [-0.4, -0.2) is 55.3 Å². The van der Waals surface area contributed by atoms with Crippen molar-refractivity contribution in [1.82, 2.24) is 15.1 Å². The molecule has 0 saturated heterocycles.